The number of Topliss-reactive ketones (excluding diaryl/α,β-unsaturated/α-hetero) is 1. The first-order valence-corrected chi connectivity index (χ1v) is 6.14. The molecule has 0 bridgehead atoms. The highest BCUT2D eigenvalue weighted by atomic mass is 16.1. The van der Waals surface area contributed by atoms with Gasteiger partial charge in [0, 0.05) is 0 Å². The molecule has 1 aliphatic carbocycles. The molecule has 14 heavy (non-hydrogen) atoms. The molecule has 0 N–H and O–H groups in total. The second-order valence-corrected chi connectivity index (χ2v) is 4.55. The number of hydrogen-bond donors (Lipinski definition) is 0. The van der Waals surface area contributed by atoms with Gasteiger partial charge in [0.05, 0.1) is 0 Å². The van der Waals surface area contributed by atoms with Crippen molar-refractivity contribution in [1.82, 2.24) is 0 Å². The first kappa shape index (κ1) is 13.7. The van der Waals surface area contributed by atoms with Crippen LogP contribution in [0.1, 0.15) is 72.1 Å². The first-order valence-electron chi connectivity index (χ1n) is 6.14. The summed E-state index contributed by atoms with van der Waals surface area (Å²) >= 11 is 0. The number of rotatable bonds is 5. The predicted molar refractivity (Wildman–Crippen MR) is 62.5 cm³/mol. The van der Waals surface area contributed by atoms with Crippen LogP contribution in [0.5, 0.6) is 0 Å². The van der Waals surface area contributed by atoms with Crippen molar-refractivity contribution in [3.63, 3.8) is 0 Å². The van der Waals surface area contributed by atoms with E-state index >= 15 is 0 Å². The topological polar surface area (TPSA) is 17.1 Å². The summed E-state index contributed by atoms with van der Waals surface area (Å²) in [7, 11) is 0. The van der Waals surface area contributed by atoms with E-state index in [4.69, 9.17) is 0 Å². The van der Waals surface area contributed by atoms with Gasteiger partial charge in [0.2, 0.25) is 0 Å². The molecule has 1 aliphatic rings. The molecule has 1 heteroatoms. The Morgan fingerprint density at radius 2 is 1.71 bits per heavy atom. The van der Waals surface area contributed by atoms with Gasteiger partial charge in [0.15, 0.2) is 0 Å². The van der Waals surface area contributed by atoms with E-state index in [1.54, 1.807) is 0 Å². The Hall–Kier alpha value is -0.330. The van der Waals surface area contributed by atoms with Gasteiger partial charge < -0.3 is 4.79 Å². The summed E-state index contributed by atoms with van der Waals surface area (Å²) in [6, 6.07) is 0. The molecule has 0 aliphatic heterocycles. The van der Waals surface area contributed by atoms with E-state index in [2.05, 4.69) is 6.92 Å². The zero-order valence-electron chi connectivity index (χ0n) is 10.1. The molecule has 0 amide bonds. The van der Waals surface area contributed by atoms with Crippen molar-refractivity contribution in [3.8, 4) is 0 Å². The van der Waals surface area contributed by atoms with Crippen molar-refractivity contribution in [1.29, 1.82) is 0 Å². The molecule has 0 unspecified atom stereocenters. The Labute approximate surface area is 89.3 Å². The minimum atomic E-state index is 0.167. The number of carbonyl (C=O) groups is 1. The van der Waals surface area contributed by atoms with E-state index in [1.807, 2.05) is 0 Å². The Morgan fingerprint density at radius 1 is 1.14 bits per heavy atom. The molecule has 0 aromatic heterocycles. The Bertz CT molecular complexity index is 132. The van der Waals surface area contributed by atoms with Crippen molar-refractivity contribution in [2.45, 2.75) is 72.1 Å². The molecular formula is C13H26O. The van der Waals surface area contributed by atoms with Gasteiger partial charge in [0.1, 0.15) is 5.78 Å². The smallest absolute Gasteiger partial charge is 0.126 e. The maximum atomic E-state index is 9.44. The van der Waals surface area contributed by atoms with E-state index in [0.29, 0.717) is 0 Å². The quantitative estimate of drug-likeness (QED) is 0.600. The van der Waals surface area contributed by atoms with E-state index < -0.39 is 0 Å². The molecule has 0 aromatic rings. The van der Waals surface area contributed by atoms with E-state index in [9.17, 15) is 4.79 Å². The SMILES string of the molecule is CC(C)=O.CCCCCCC1CCC1. The van der Waals surface area contributed by atoms with Crippen LogP contribution in [-0.2, 0) is 4.79 Å². The summed E-state index contributed by atoms with van der Waals surface area (Å²) < 4.78 is 0. The molecule has 1 nitrogen and oxygen atoms in total. The highest BCUT2D eigenvalue weighted by Crippen LogP contribution is 2.30. The van der Waals surface area contributed by atoms with Gasteiger partial charge in [0.25, 0.3) is 0 Å². The fourth-order valence-electron chi connectivity index (χ4n) is 1.64. The summed E-state index contributed by atoms with van der Waals surface area (Å²) in [6.45, 7) is 5.34. The molecule has 0 heterocycles. The minimum Gasteiger partial charge on any atom is -0.300 e. The second kappa shape index (κ2) is 9.23. The van der Waals surface area contributed by atoms with Crippen LogP contribution in [-0.4, -0.2) is 5.78 Å². The third-order valence-corrected chi connectivity index (χ3v) is 2.69. The van der Waals surface area contributed by atoms with Gasteiger partial charge in [-0.25, -0.2) is 0 Å². The van der Waals surface area contributed by atoms with Gasteiger partial charge in [-0.1, -0.05) is 58.3 Å². The normalized spacial score (nSPS) is 15.4. The molecule has 1 rings (SSSR count). The van der Waals surface area contributed by atoms with Crippen molar-refractivity contribution >= 4 is 5.78 Å². The first-order chi connectivity index (χ1) is 6.66. The monoisotopic (exact) mass is 198 g/mol. The molecule has 0 saturated heterocycles. The lowest BCUT2D eigenvalue weighted by atomic mass is 9.82. The number of carbonyl (C=O) groups excluding carboxylic acids is 1. The summed E-state index contributed by atoms with van der Waals surface area (Å²) in [6.07, 6.45) is 11.9. The summed E-state index contributed by atoms with van der Waals surface area (Å²) in [5.41, 5.74) is 0. The van der Waals surface area contributed by atoms with Crippen LogP contribution in [0, 0.1) is 5.92 Å². The molecule has 0 aromatic carbocycles. The van der Waals surface area contributed by atoms with Crippen LogP contribution in [0.25, 0.3) is 0 Å². The van der Waals surface area contributed by atoms with Crippen molar-refractivity contribution in [2.75, 3.05) is 0 Å². The fraction of sp³-hybridized carbons (Fsp3) is 0.923. The molecule has 1 fully saturated rings. The van der Waals surface area contributed by atoms with E-state index in [1.165, 1.54) is 65.2 Å². The highest BCUT2D eigenvalue weighted by molar-refractivity contribution is 5.72. The zero-order valence-corrected chi connectivity index (χ0v) is 10.1. The lowest BCUT2D eigenvalue weighted by Gasteiger charge is -2.24. The number of ketones is 1. The molecule has 0 atom stereocenters. The largest absolute Gasteiger partial charge is 0.300 e. The molecule has 0 spiro atoms. The maximum Gasteiger partial charge on any atom is 0.126 e. The summed E-state index contributed by atoms with van der Waals surface area (Å²) in [5.74, 6) is 1.30. The third kappa shape index (κ3) is 9.76. The van der Waals surface area contributed by atoms with Crippen LogP contribution in [0.3, 0.4) is 0 Å². The second-order valence-electron chi connectivity index (χ2n) is 4.55. The Morgan fingerprint density at radius 3 is 2.07 bits per heavy atom. The minimum absolute atomic E-state index is 0.167. The maximum absolute atomic E-state index is 9.44. The predicted octanol–water partition coefficient (Wildman–Crippen LogP) is 4.35. The Balaban J connectivity index is 0.000000364. The van der Waals surface area contributed by atoms with E-state index in [0.717, 1.165) is 5.92 Å². The van der Waals surface area contributed by atoms with Crippen LogP contribution < -0.4 is 0 Å². The van der Waals surface area contributed by atoms with Crippen LogP contribution in [0.15, 0.2) is 0 Å². The van der Waals surface area contributed by atoms with E-state index in [-0.39, 0.29) is 5.78 Å². The standard InChI is InChI=1S/C10H20.C3H6O/c1-2-3-4-5-7-10-8-6-9-10;1-3(2)4/h10H,2-9H2,1H3;1-2H3. The summed E-state index contributed by atoms with van der Waals surface area (Å²) in [5, 5.41) is 0. The van der Waals surface area contributed by atoms with Crippen LogP contribution >= 0.6 is 0 Å². The van der Waals surface area contributed by atoms with Crippen LogP contribution in [0.4, 0.5) is 0 Å². The van der Waals surface area contributed by atoms with Crippen molar-refractivity contribution < 1.29 is 4.79 Å². The van der Waals surface area contributed by atoms with Crippen molar-refractivity contribution in [3.05, 3.63) is 0 Å². The average molecular weight is 198 g/mol. The molecular weight excluding hydrogens is 172 g/mol. The number of hydrogen-bond acceptors (Lipinski definition) is 1. The third-order valence-electron chi connectivity index (χ3n) is 2.69. The lowest BCUT2D eigenvalue weighted by molar-refractivity contribution is -0.114. The highest BCUT2D eigenvalue weighted by Gasteiger charge is 2.15. The van der Waals surface area contributed by atoms with Gasteiger partial charge >= 0.3 is 0 Å². The molecule has 0 radical (unpaired) electrons. The number of unbranched alkanes of at least 4 members (excludes halogenated alkanes) is 3. The lowest BCUT2D eigenvalue weighted by Crippen LogP contribution is -2.10. The van der Waals surface area contributed by atoms with Crippen LogP contribution in [0.2, 0.25) is 0 Å². The zero-order chi connectivity index (χ0) is 10.8. The van der Waals surface area contributed by atoms with Gasteiger partial charge in [-0.05, 0) is 19.8 Å². The van der Waals surface area contributed by atoms with Gasteiger partial charge in [-0.3, -0.25) is 0 Å². The van der Waals surface area contributed by atoms with Crippen molar-refractivity contribution in [2.24, 2.45) is 5.92 Å². The fourth-order valence-corrected chi connectivity index (χ4v) is 1.64. The molecule has 1 saturated carbocycles. The van der Waals surface area contributed by atoms with Gasteiger partial charge in [-0.15, -0.1) is 0 Å². The Kier molecular flexibility index (Phi) is 9.02. The average Bonchev–Trinajstić information content (AvgIpc) is 2.00. The summed E-state index contributed by atoms with van der Waals surface area (Å²) in [4.78, 5) is 9.44. The molecule has 84 valence electrons. The van der Waals surface area contributed by atoms with Gasteiger partial charge in [-0.2, -0.15) is 0 Å².